The van der Waals surface area contributed by atoms with Gasteiger partial charge in [0.2, 0.25) is 0 Å². The molecule has 20 heavy (non-hydrogen) atoms. The Hall–Kier alpha value is -0.760. The van der Waals surface area contributed by atoms with Crippen LogP contribution in [0.15, 0.2) is 21.6 Å². The number of halogens is 1. The Morgan fingerprint density at radius 2 is 2.40 bits per heavy atom. The molecular weight excluding hydrogens is 340 g/mol. The molecule has 0 bridgehead atoms. The van der Waals surface area contributed by atoms with Gasteiger partial charge in [0.05, 0.1) is 46.8 Å². The topological polar surface area (TPSA) is 52.0 Å². The highest BCUT2D eigenvalue weighted by molar-refractivity contribution is 9.10. The first kappa shape index (κ1) is 15.6. The third kappa shape index (κ3) is 3.66. The minimum atomic E-state index is 0.0509. The number of aromatic nitrogens is 3. The molecule has 0 aromatic carbocycles. The van der Waals surface area contributed by atoms with E-state index in [1.807, 2.05) is 16.4 Å². The number of nitrogens with one attached hydrogen (secondary N) is 1. The van der Waals surface area contributed by atoms with Gasteiger partial charge in [0.25, 0.3) is 0 Å². The van der Waals surface area contributed by atoms with Crippen LogP contribution in [0, 0.1) is 0 Å². The Kier molecular flexibility index (Phi) is 6.15. The molecule has 0 saturated carbocycles. The molecule has 0 saturated heterocycles. The van der Waals surface area contributed by atoms with Crippen molar-refractivity contribution in [1.82, 2.24) is 20.1 Å². The summed E-state index contributed by atoms with van der Waals surface area (Å²) in [4.78, 5) is 4.45. The third-order valence-electron chi connectivity index (χ3n) is 2.96. The number of methoxy groups -OCH3 is 1. The van der Waals surface area contributed by atoms with Crippen molar-refractivity contribution < 1.29 is 4.74 Å². The minimum absolute atomic E-state index is 0.0509. The van der Waals surface area contributed by atoms with Crippen molar-refractivity contribution in [1.29, 1.82) is 0 Å². The first-order valence-corrected chi connectivity index (χ1v) is 8.33. The minimum Gasteiger partial charge on any atom is -0.383 e. The van der Waals surface area contributed by atoms with Crippen LogP contribution < -0.4 is 5.32 Å². The van der Waals surface area contributed by atoms with E-state index >= 15 is 0 Å². The maximum absolute atomic E-state index is 5.15. The SMILES string of the molecule is CCCNC(c1cscn1)c1c(Br)cnn1CCOC. The molecule has 0 aliphatic carbocycles. The van der Waals surface area contributed by atoms with Crippen molar-refractivity contribution in [3.63, 3.8) is 0 Å². The smallest absolute Gasteiger partial charge is 0.0942 e. The van der Waals surface area contributed by atoms with Crippen LogP contribution in [0.5, 0.6) is 0 Å². The van der Waals surface area contributed by atoms with Gasteiger partial charge < -0.3 is 10.1 Å². The van der Waals surface area contributed by atoms with Crippen LogP contribution >= 0.6 is 27.3 Å². The van der Waals surface area contributed by atoms with Crippen LogP contribution in [-0.4, -0.2) is 35.0 Å². The lowest BCUT2D eigenvalue weighted by molar-refractivity contribution is 0.182. The lowest BCUT2D eigenvalue weighted by atomic mass is 10.1. The average molecular weight is 359 g/mol. The summed E-state index contributed by atoms with van der Waals surface area (Å²) in [5.74, 6) is 0. The molecule has 7 heteroatoms. The van der Waals surface area contributed by atoms with Crippen LogP contribution in [0.25, 0.3) is 0 Å². The van der Waals surface area contributed by atoms with E-state index in [4.69, 9.17) is 4.74 Å². The second kappa shape index (κ2) is 7.87. The number of hydrogen-bond donors (Lipinski definition) is 1. The van der Waals surface area contributed by atoms with E-state index in [1.165, 1.54) is 0 Å². The fraction of sp³-hybridized carbons (Fsp3) is 0.538. The number of ether oxygens (including phenoxy) is 1. The lowest BCUT2D eigenvalue weighted by Crippen LogP contribution is -2.27. The van der Waals surface area contributed by atoms with E-state index in [1.54, 1.807) is 18.4 Å². The average Bonchev–Trinajstić information content (AvgIpc) is 3.09. The molecule has 0 fully saturated rings. The van der Waals surface area contributed by atoms with Crippen molar-refractivity contribution in [2.75, 3.05) is 20.3 Å². The van der Waals surface area contributed by atoms with Gasteiger partial charge in [0.1, 0.15) is 0 Å². The van der Waals surface area contributed by atoms with Gasteiger partial charge in [0.15, 0.2) is 0 Å². The molecule has 1 atom stereocenters. The lowest BCUT2D eigenvalue weighted by Gasteiger charge is -2.19. The number of thiazole rings is 1. The fourth-order valence-corrected chi connectivity index (χ4v) is 3.11. The summed E-state index contributed by atoms with van der Waals surface area (Å²) in [6.45, 7) is 4.46. The van der Waals surface area contributed by atoms with E-state index < -0.39 is 0 Å². The summed E-state index contributed by atoms with van der Waals surface area (Å²) in [7, 11) is 1.70. The van der Waals surface area contributed by atoms with Crippen molar-refractivity contribution in [3.05, 3.63) is 32.9 Å². The van der Waals surface area contributed by atoms with Crippen LogP contribution in [0.1, 0.15) is 30.8 Å². The maximum Gasteiger partial charge on any atom is 0.0942 e. The second-order valence-electron chi connectivity index (χ2n) is 4.39. The molecule has 1 unspecified atom stereocenters. The summed E-state index contributed by atoms with van der Waals surface area (Å²) >= 11 is 5.21. The molecule has 5 nitrogen and oxygen atoms in total. The molecule has 2 aromatic rings. The van der Waals surface area contributed by atoms with Gasteiger partial charge in [-0.1, -0.05) is 6.92 Å². The van der Waals surface area contributed by atoms with E-state index in [-0.39, 0.29) is 6.04 Å². The summed E-state index contributed by atoms with van der Waals surface area (Å²) in [5.41, 5.74) is 3.99. The van der Waals surface area contributed by atoms with Gasteiger partial charge >= 0.3 is 0 Å². The van der Waals surface area contributed by atoms with E-state index in [2.05, 4.69) is 43.6 Å². The fourth-order valence-electron chi connectivity index (χ4n) is 2.01. The first-order chi connectivity index (χ1) is 9.77. The number of hydrogen-bond acceptors (Lipinski definition) is 5. The van der Waals surface area contributed by atoms with Gasteiger partial charge in [0, 0.05) is 12.5 Å². The van der Waals surface area contributed by atoms with Gasteiger partial charge in [-0.25, -0.2) is 4.98 Å². The molecule has 2 heterocycles. The van der Waals surface area contributed by atoms with E-state index in [0.29, 0.717) is 6.61 Å². The van der Waals surface area contributed by atoms with Gasteiger partial charge in [-0.05, 0) is 28.9 Å². The largest absolute Gasteiger partial charge is 0.383 e. The van der Waals surface area contributed by atoms with Crippen molar-refractivity contribution in [3.8, 4) is 0 Å². The highest BCUT2D eigenvalue weighted by Crippen LogP contribution is 2.28. The summed E-state index contributed by atoms with van der Waals surface area (Å²) in [6, 6.07) is 0.0509. The number of rotatable bonds is 8. The molecular formula is C13H19BrN4OS. The van der Waals surface area contributed by atoms with Gasteiger partial charge in [-0.2, -0.15) is 5.10 Å². The second-order valence-corrected chi connectivity index (χ2v) is 5.97. The van der Waals surface area contributed by atoms with E-state index in [0.717, 1.165) is 35.4 Å². The Labute approximate surface area is 131 Å². The highest BCUT2D eigenvalue weighted by Gasteiger charge is 2.22. The van der Waals surface area contributed by atoms with Gasteiger partial charge in [-0.3, -0.25) is 4.68 Å². The molecule has 0 aliphatic rings. The van der Waals surface area contributed by atoms with Crippen LogP contribution in [0.4, 0.5) is 0 Å². The first-order valence-electron chi connectivity index (χ1n) is 6.59. The quantitative estimate of drug-likeness (QED) is 0.788. The molecule has 2 aromatic heterocycles. The molecule has 0 aliphatic heterocycles. The molecule has 0 amide bonds. The van der Waals surface area contributed by atoms with Gasteiger partial charge in [-0.15, -0.1) is 11.3 Å². The van der Waals surface area contributed by atoms with Crippen LogP contribution in [0.3, 0.4) is 0 Å². The molecule has 1 N–H and O–H groups in total. The predicted octanol–water partition coefficient (Wildman–Crippen LogP) is 2.84. The Balaban J connectivity index is 2.30. The van der Waals surface area contributed by atoms with E-state index in [9.17, 15) is 0 Å². The molecule has 2 rings (SSSR count). The Morgan fingerprint density at radius 3 is 3.05 bits per heavy atom. The van der Waals surface area contributed by atoms with Crippen molar-refractivity contribution in [2.24, 2.45) is 0 Å². The third-order valence-corrected chi connectivity index (χ3v) is 4.18. The summed E-state index contributed by atoms with van der Waals surface area (Å²) < 4.78 is 8.12. The molecule has 0 spiro atoms. The van der Waals surface area contributed by atoms with Crippen LogP contribution in [-0.2, 0) is 11.3 Å². The predicted molar refractivity (Wildman–Crippen MR) is 84.1 cm³/mol. The van der Waals surface area contributed by atoms with Crippen LogP contribution in [0.2, 0.25) is 0 Å². The Bertz CT molecular complexity index is 514. The van der Waals surface area contributed by atoms with Crippen molar-refractivity contribution in [2.45, 2.75) is 25.9 Å². The summed E-state index contributed by atoms with van der Waals surface area (Å²) in [5, 5.41) is 10.0. The standard InChI is InChI=1S/C13H19BrN4OS/c1-3-4-15-12(11-8-20-9-16-11)13-10(14)7-17-18(13)5-6-19-2/h7-9,12,15H,3-6H2,1-2H3. The Morgan fingerprint density at radius 1 is 1.55 bits per heavy atom. The van der Waals surface area contributed by atoms with Crippen molar-refractivity contribution >= 4 is 27.3 Å². The number of nitrogens with zero attached hydrogens (tertiary/aromatic N) is 3. The monoisotopic (exact) mass is 358 g/mol. The molecule has 0 radical (unpaired) electrons. The normalized spacial score (nSPS) is 12.8. The zero-order valence-corrected chi connectivity index (χ0v) is 14.1. The molecule has 110 valence electrons. The summed E-state index contributed by atoms with van der Waals surface area (Å²) in [6.07, 6.45) is 2.91. The maximum atomic E-state index is 5.15. The zero-order valence-electron chi connectivity index (χ0n) is 11.7. The zero-order chi connectivity index (χ0) is 14.4. The highest BCUT2D eigenvalue weighted by atomic mass is 79.9.